The molecule has 0 aliphatic carbocycles. The number of amides is 1. The Kier molecular flexibility index (Phi) is 9.27. The summed E-state index contributed by atoms with van der Waals surface area (Å²) in [7, 11) is 0. The van der Waals surface area contributed by atoms with Crippen molar-refractivity contribution >= 4 is 27.7 Å². The maximum absolute atomic E-state index is 13.1. The van der Waals surface area contributed by atoms with Gasteiger partial charge >= 0.3 is 5.91 Å². The quantitative estimate of drug-likeness (QED) is 0.426. The molecular weight excluding hydrogens is 510 g/mol. The minimum atomic E-state index is -0.370. The molecular formula is C25H36BrN7O2. The number of rotatable bonds is 10. The number of carbonyl (C=O) groups excluding carboxylic acids is 1. The van der Waals surface area contributed by atoms with E-state index in [2.05, 4.69) is 62.3 Å². The molecule has 1 saturated heterocycles. The summed E-state index contributed by atoms with van der Waals surface area (Å²) in [6.45, 7) is 13.8. The number of hydrogen-bond donors (Lipinski definition) is 2. The second kappa shape index (κ2) is 12.0. The van der Waals surface area contributed by atoms with Crippen LogP contribution in [0.25, 0.3) is 0 Å². The van der Waals surface area contributed by atoms with Crippen LogP contribution in [0.4, 0.5) is 5.82 Å². The van der Waals surface area contributed by atoms with E-state index in [4.69, 9.17) is 4.42 Å². The third-order valence-electron chi connectivity index (χ3n) is 6.78. The first-order valence-corrected chi connectivity index (χ1v) is 13.1. The first-order valence-electron chi connectivity index (χ1n) is 12.4. The van der Waals surface area contributed by atoms with Crippen LogP contribution in [0.2, 0.25) is 0 Å². The Morgan fingerprint density at radius 3 is 2.77 bits per heavy atom. The third-order valence-corrected chi connectivity index (χ3v) is 7.34. The zero-order valence-corrected chi connectivity index (χ0v) is 22.9. The molecule has 3 heterocycles. The Hall–Kier alpha value is -2.48. The lowest BCUT2D eigenvalue weighted by Gasteiger charge is -2.52. The van der Waals surface area contributed by atoms with Gasteiger partial charge in [0.05, 0.1) is 11.0 Å². The lowest BCUT2D eigenvalue weighted by Crippen LogP contribution is -2.66. The van der Waals surface area contributed by atoms with Crippen molar-refractivity contribution in [3.63, 3.8) is 0 Å². The van der Waals surface area contributed by atoms with Crippen LogP contribution in [0.5, 0.6) is 0 Å². The molecule has 0 radical (unpaired) electrons. The van der Waals surface area contributed by atoms with Crippen LogP contribution in [0.3, 0.4) is 0 Å². The maximum atomic E-state index is 13.1. The van der Waals surface area contributed by atoms with Crippen molar-refractivity contribution in [2.45, 2.75) is 72.0 Å². The van der Waals surface area contributed by atoms with Crippen LogP contribution in [0.15, 0.2) is 27.2 Å². The standard InChI is InChI=1S/C25H36BrN7O2/c1-6-21-25(7-2,8-3)32(12-11-28-21)16-18-9-10-20(35-18)24(34)31-33(15-17(4)5)23-19(26)14-29-22(13-27)30-23/h9-10,14,17,21,28H,6-8,11-12,15-16H2,1-5H3,(H,31,34). The highest BCUT2D eigenvalue weighted by Gasteiger charge is 2.42. The fourth-order valence-electron chi connectivity index (χ4n) is 5.06. The monoisotopic (exact) mass is 545 g/mol. The number of aromatic nitrogens is 2. The van der Waals surface area contributed by atoms with Gasteiger partial charge in [0.15, 0.2) is 11.6 Å². The molecule has 1 aliphatic heterocycles. The van der Waals surface area contributed by atoms with Crippen molar-refractivity contribution in [1.82, 2.24) is 25.6 Å². The van der Waals surface area contributed by atoms with Gasteiger partial charge in [0.25, 0.3) is 0 Å². The van der Waals surface area contributed by atoms with E-state index in [1.807, 2.05) is 26.0 Å². The van der Waals surface area contributed by atoms with Gasteiger partial charge in [0, 0.05) is 37.4 Å². The van der Waals surface area contributed by atoms with E-state index in [1.54, 1.807) is 11.1 Å². The van der Waals surface area contributed by atoms with Gasteiger partial charge in [-0.25, -0.2) is 4.98 Å². The molecule has 2 aromatic rings. The van der Waals surface area contributed by atoms with E-state index in [1.165, 1.54) is 6.20 Å². The van der Waals surface area contributed by atoms with Crippen molar-refractivity contribution in [2.75, 3.05) is 24.6 Å². The van der Waals surface area contributed by atoms with Gasteiger partial charge in [-0.3, -0.25) is 20.1 Å². The smallest absolute Gasteiger partial charge is 0.305 e. The fourth-order valence-corrected chi connectivity index (χ4v) is 5.46. The minimum absolute atomic E-state index is 0.0308. The Labute approximate surface area is 216 Å². The Balaban J connectivity index is 1.78. The number of anilines is 1. The molecule has 2 aromatic heterocycles. The van der Waals surface area contributed by atoms with Gasteiger partial charge in [-0.2, -0.15) is 10.2 Å². The molecule has 1 amide bonds. The number of carbonyl (C=O) groups is 1. The topological polar surface area (TPSA) is 110 Å². The molecule has 1 aliphatic rings. The molecule has 1 atom stereocenters. The number of nitrogens with zero attached hydrogens (tertiary/aromatic N) is 5. The van der Waals surface area contributed by atoms with E-state index >= 15 is 0 Å². The second-order valence-corrected chi connectivity index (χ2v) is 10.2. The first kappa shape index (κ1) is 27.1. The summed E-state index contributed by atoms with van der Waals surface area (Å²) < 4.78 is 6.60. The van der Waals surface area contributed by atoms with Crippen LogP contribution < -0.4 is 15.8 Å². The molecule has 190 valence electrons. The van der Waals surface area contributed by atoms with Crippen molar-refractivity contribution in [3.05, 3.63) is 40.1 Å². The van der Waals surface area contributed by atoms with Gasteiger partial charge in [-0.05, 0) is 53.2 Å². The zero-order chi connectivity index (χ0) is 25.6. The van der Waals surface area contributed by atoms with E-state index in [0.29, 0.717) is 29.4 Å². The van der Waals surface area contributed by atoms with Crippen molar-refractivity contribution in [1.29, 1.82) is 5.26 Å². The second-order valence-electron chi connectivity index (χ2n) is 9.34. The van der Waals surface area contributed by atoms with Gasteiger partial charge < -0.3 is 9.73 Å². The van der Waals surface area contributed by atoms with E-state index in [9.17, 15) is 10.1 Å². The van der Waals surface area contributed by atoms with E-state index < -0.39 is 0 Å². The zero-order valence-electron chi connectivity index (χ0n) is 21.3. The average Bonchev–Trinajstić information content (AvgIpc) is 3.32. The van der Waals surface area contributed by atoms with E-state index in [0.717, 1.165) is 38.1 Å². The lowest BCUT2D eigenvalue weighted by atomic mass is 9.79. The number of furan rings is 1. The number of hydrazine groups is 1. The van der Waals surface area contributed by atoms with Crippen LogP contribution in [0, 0.1) is 17.2 Å². The molecule has 0 spiro atoms. The minimum Gasteiger partial charge on any atom is -0.454 e. The molecule has 10 heteroatoms. The number of piperazine rings is 1. The van der Waals surface area contributed by atoms with Crippen LogP contribution in [-0.4, -0.2) is 52.0 Å². The summed E-state index contributed by atoms with van der Waals surface area (Å²) in [5, 5.41) is 14.5. The fraction of sp³-hybridized carbons (Fsp3) is 0.600. The average molecular weight is 547 g/mol. The summed E-state index contributed by atoms with van der Waals surface area (Å²) >= 11 is 3.43. The molecule has 0 bridgehead atoms. The highest BCUT2D eigenvalue weighted by Crippen LogP contribution is 2.33. The molecule has 0 aromatic carbocycles. The van der Waals surface area contributed by atoms with Crippen molar-refractivity contribution < 1.29 is 9.21 Å². The molecule has 1 fully saturated rings. The maximum Gasteiger partial charge on any atom is 0.305 e. The van der Waals surface area contributed by atoms with Gasteiger partial charge in [-0.15, -0.1) is 0 Å². The van der Waals surface area contributed by atoms with Crippen LogP contribution in [0.1, 0.15) is 76.0 Å². The normalized spacial score (nSPS) is 17.8. The lowest BCUT2D eigenvalue weighted by molar-refractivity contribution is -0.000367. The summed E-state index contributed by atoms with van der Waals surface area (Å²) in [5.74, 6) is 1.31. The van der Waals surface area contributed by atoms with Crippen LogP contribution in [-0.2, 0) is 6.54 Å². The summed E-state index contributed by atoms with van der Waals surface area (Å²) in [4.78, 5) is 23.9. The van der Waals surface area contributed by atoms with Gasteiger partial charge in [0.1, 0.15) is 11.8 Å². The number of halogens is 1. The Morgan fingerprint density at radius 1 is 1.40 bits per heavy atom. The van der Waals surface area contributed by atoms with E-state index in [-0.39, 0.29) is 28.9 Å². The predicted molar refractivity (Wildman–Crippen MR) is 139 cm³/mol. The number of nitriles is 1. The third kappa shape index (κ3) is 6.02. The summed E-state index contributed by atoms with van der Waals surface area (Å²) in [5.41, 5.74) is 2.96. The van der Waals surface area contributed by atoms with Crippen LogP contribution >= 0.6 is 15.9 Å². The molecule has 0 saturated carbocycles. The Morgan fingerprint density at radius 2 is 2.14 bits per heavy atom. The molecule has 2 N–H and O–H groups in total. The van der Waals surface area contributed by atoms with Gasteiger partial charge in [0.2, 0.25) is 5.82 Å². The van der Waals surface area contributed by atoms with Crippen molar-refractivity contribution in [2.24, 2.45) is 5.92 Å². The van der Waals surface area contributed by atoms with Gasteiger partial charge in [-0.1, -0.05) is 34.6 Å². The molecule has 3 rings (SSSR count). The summed E-state index contributed by atoms with van der Waals surface area (Å²) in [6, 6.07) is 5.97. The SMILES string of the molecule is CCC1NCCN(Cc2ccc(C(=O)NN(CC(C)C)c3nc(C#N)ncc3Br)o2)C1(CC)CC. The number of hydrogen-bond acceptors (Lipinski definition) is 8. The number of nitrogens with one attached hydrogen (secondary N) is 2. The highest BCUT2D eigenvalue weighted by atomic mass is 79.9. The predicted octanol–water partition coefficient (Wildman–Crippen LogP) is 4.25. The molecule has 35 heavy (non-hydrogen) atoms. The van der Waals surface area contributed by atoms with Crippen molar-refractivity contribution in [3.8, 4) is 6.07 Å². The molecule has 1 unspecified atom stereocenters. The molecule has 9 nitrogen and oxygen atoms in total. The first-order chi connectivity index (χ1) is 16.8. The summed E-state index contributed by atoms with van der Waals surface area (Å²) in [6.07, 6.45) is 4.68. The largest absolute Gasteiger partial charge is 0.454 e. The highest BCUT2D eigenvalue weighted by molar-refractivity contribution is 9.10. The Bertz CT molecular complexity index is 1040.